The molecule has 0 N–H and O–H groups in total. The van der Waals surface area contributed by atoms with Gasteiger partial charge in [-0.2, -0.15) is 13.2 Å². The molecular weight excluding hydrogens is 375 g/mol. The molecule has 2 heterocycles. The molecule has 0 saturated heterocycles. The Morgan fingerprint density at radius 2 is 2.11 bits per heavy atom. The van der Waals surface area contributed by atoms with Crippen molar-refractivity contribution in [2.45, 2.75) is 32.6 Å². The summed E-state index contributed by atoms with van der Waals surface area (Å²) in [6, 6.07) is 1.22. The van der Waals surface area contributed by atoms with E-state index < -0.39 is 12.8 Å². The Kier molecular flexibility index (Phi) is 6.48. The summed E-state index contributed by atoms with van der Waals surface area (Å²) < 4.78 is 42.2. The molecule has 0 aromatic carbocycles. The van der Waals surface area contributed by atoms with E-state index in [1.807, 2.05) is 0 Å². The van der Waals surface area contributed by atoms with Crippen molar-refractivity contribution in [1.29, 1.82) is 0 Å². The van der Waals surface area contributed by atoms with Crippen LogP contribution in [0.2, 0.25) is 0 Å². The summed E-state index contributed by atoms with van der Waals surface area (Å²) in [7, 11) is 3.17. The Bertz CT molecular complexity index is 816. The largest absolute Gasteiger partial charge is 0.469 e. The first-order chi connectivity index (χ1) is 13.0. The normalized spacial score (nSPS) is 16.1. The van der Waals surface area contributed by atoms with Gasteiger partial charge in [0.25, 0.3) is 5.91 Å². The average molecular weight is 397 g/mol. The average Bonchev–Trinajstić information content (AvgIpc) is 2.95. The minimum Gasteiger partial charge on any atom is -0.469 e. The van der Waals surface area contributed by atoms with Crippen molar-refractivity contribution in [3.8, 4) is 0 Å². The molecule has 0 saturated carbocycles. The van der Waals surface area contributed by atoms with Gasteiger partial charge in [0, 0.05) is 49.6 Å². The number of ether oxygens (including phenoxy) is 1. The highest BCUT2D eigenvalue weighted by Crippen LogP contribution is 2.26. The van der Waals surface area contributed by atoms with Crippen molar-refractivity contribution >= 4 is 12.2 Å². The van der Waals surface area contributed by atoms with E-state index >= 15 is 0 Å². The number of fused-ring (bicyclic) bond motifs is 1. The second-order valence-electron chi connectivity index (χ2n) is 6.66. The lowest BCUT2D eigenvalue weighted by Crippen LogP contribution is -2.31. The maximum absolute atomic E-state index is 12.6. The number of aromatic nitrogens is 1. The highest BCUT2D eigenvalue weighted by Gasteiger charge is 2.32. The summed E-state index contributed by atoms with van der Waals surface area (Å²) in [6.07, 6.45) is 0.915. The SMILES string of the molecule is CC(/C=C/C(C)N1Cc2c(ccnc2C=O)C1=O)=C(\OCC(F)(F)F)N(C)C. The van der Waals surface area contributed by atoms with Crippen molar-refractivity contribution < 1.29 is 27.5 Å². The van der Waals surface area contributed by atoms with Crippen molar-refractivity contribution in [2.24, 2.45) is 0 Å². The number of rotatable bonds is 7. The van der Waals surface area contributed by atoms with E-state index in [0.717, 1.165) is 0 Å². The van der Waals surface area contributed by atoms with Crippen molar-refractivity contribution in [1.82, 2.24) is 14.8 Å². The van der Waals surface area contributed by atoms with Crippen molar-refractivity contribution in [2.75, 3.05) is 20.7 Å². The molecule has 1 aliphatic heterocycles. The summed E-state index contributed by atoms with van der Waals surface area (Å²) >= 11 is 0. The summed E-state index contributed by atoms with van der Waals surface area (Å²) in [5, 5.41) is 0. The van der Waals surface area contributed by atoms with Crippen LogP contribution in [0.15, 0.2) is 35.9 Å². The molecule has 28 heavy (non-hydrogen) atoms. The number of carbonyl (C=O) groups is 2. The van der Waals surface area contributed by atoms with Crippen LogP contribution < -0.4 is 0 Å². The molecule has 1 unspecified atom stereocenters. The first-order valence-corrected chi connectivity index (χ1v) is 8.55. The quantitative estimate of drug-likeness (QED) is 0.402. The fourth-order valence-corrected chi connectivity index (χ4v) is 2.91. The van der Waals surface area contributed by atoms with Crippen LogP contribution in [0.4, 0.5) is 13.2 Å². The van der Waals surface area contributed by atoms with Gasteiger partial charge in [-0.3, -0.25) is 14.6 Å². The Morgan fingerprint density at radius 1 is 1.43 bits per heavy atom. The number of alkyl halides is 3. The number of halogens is 3. The van der Waals surface area contributed by atoms with E-state index in [9.17, 15) is 22.8 Å². The molecule has 1 atom stereocenters. The highest BCUT2D eigenvalue weighted by molar-refractivity contribution is 6.00. The number of hydrogen-bond acceptors (Lipinski definition) is 5. The zero-order chi connectivity index (χ0) is 21.1. The monoisotopic (exact) mass is 397 g/mol. The van der Waals surface area contributed by atoms with Gasteiger partial charge in [0.15, 0.2) is 18.8 Å². The molecular formula is C19H22F3N3O3. The Hall–Kier alpha value is -2.84. The lowest BCUT2D eigenvalue weighted by molar-refractivity contribution is -0.169. The van der Waals surface area contributed by atoms with Gasteiger partial charge < -0.3 is 14.5 Å². The summed E-state index contributed by atoms with van der Waals surface area (Å²) in [6.45, 7) is 2.27. The predicted octanol–water partition coefficient (Wildman–Crippen LogP) is 3.17. The fourth-order valence-electron chi connectivity index (χ4n) is 2.91. The van der Waals surface area contributed by atoms with Crippen LogP contribution in [0.1, 0.15) is 40.3 Å². The van der Waals surface area contributed by atoms with Gasteiger partial charge >= 0.3 is 6.18 Å². The van der Waals surface area contributed by atoms with Crippen LogP contribution in [-0.4, -0.2) is 59.9 Å². The Balaban J connectivity index is 2.17. The molecule has 1 amide bonds. The smallest absolute Gasteiger partial charge is 0.422 e. The van der Waals surface area contributed by atoms with E-state index in [1.165, 1.54) is 11.1 Å². The van der Waals surface area contributed by atoms with Crippen LogP contribution in [0.25, 0.3) is 0 Å². The first-order valence-electron chi connectivity index (χ1n) is 8.55. The molecule has 1 aromatic rings. The molecule has 1 aliphatic rings. The fraction of sp³-hybridized carbons (Fsp3) is 0.421. The number of carbonyl (C=O) groups excluding carboxylic acids is 2. The third-order valence-corrected chi connectivity index (χ3v) is 4.25. The van der Waals surface area contributed by atoms with E-state index in [4.69, 9.17) is 4.74 Å². The standard InChI is InChI=1S/C19H22F3N3O3/c1-12(18(24(3)4)28-11-19(20,21)22)5-6-13(2)25-9-15-14(17(25)27)7-8-23-16(15)10-26/h5-8,10,13H,9,11H2,1-4H3/b6-5+,18-12+. The molecule has 6 nitrogen and oxygen atoms in total. The van der Waals surface area contributed by atoms with Gasteiger partial charge in [-0.1, -0.05) is 12.2 Å². The number of amides is 1. The molecule has 0 radical (unpaired) electrons. The zero-order valence-corrected chi connectivity index (χ0v) is 16.1. The molecule has 0 spiro atoms. The summed E-state index contributed by atoms with van der Waals surface area (Å²) in [5.74, 6) is -0.135. The third-order valence-electron chi connectivity index (χ3n) is 4.25. The summed E-state index contributed by atoms with van der Waals surface area (Å²) in [5.41, 5.74) is 1.74. The van der Waals surface area contributed by atoms with Crippen LogP contribution in [0, 0.1) is 0 Å². The van der Waals surface area contributed by atoms with Gasteiger partial charge in [-0.25, -0.2) is 0 Å². The number of hydrogen-bond donors (Lipinski definition) is 0. The van der Waals surface area contributed by atoms with Crippen molar-refractivity contribution in [3.05, 3.63) is 52.7 Å². The lowest BCUT2D eigenvalue weighted by Gasteiger charge is -2.23. The minimum absolute atomic E-state index is 0.0873. The predicted molar refractivity (Wildman–Crippen MR) is 96.5 cm³/mol. The molecule has 9 heteroatoms. The van der Waals surface area contributed by atoms with Crippen LogP contribution in [0.3, 0.4) is 0 Å². The second-order valence-corrected chi connectivity index (χ2v) is 6.66. The van der Waals surface area contributed by atoms with Crippen LogP contribution in [-0.2, 0) is 11.3 Å². The topological polar surface area (TPSA) is 62.7 Å². The molecule has 0 fully saturated rings. The Labute approximate surface area is 161 Å². The Morgan fingerprint density at radius 3 is 2.68 bits per heavy atom. The van der Waals surface area contributed by atoms with E-state index in [-0.39, 0.29) is 30.1 Å². The van der Waals surface area contributed by atoms with Gasteiger partial charge in [-0.15, -0.1) is 0 Å². The van der Waals surface area contributed by atoms with Gasteiger partial charge in [-0.05, 0) is 19.9 Å². The van der Waals surface area contributed by atoms with Crippen molar-refractivity contribution in [3.63, 3.8) is 0 Å². The van der Waals surface area contributed by atoms with Gasteiger partial charge in [0.1, 0.15) is 5.69 Å². The first kappa shape index (κ1) is 21.5. The zero-order valence-electron chi connectivity index (χ0n) is 16.1. The maximum atomic E-state index is 12.6. The third kappa shape index (κ3) is 4.90. The van der Waals surface area contributed by atoms with Gasteiger partial charge in [0.2, 0.25) is 0 Å². The maximum Gasteiger partial charge on any atom is 0.422 e. The minimum atomic E-state index is -4.43. The van der Waals surface area contributed by atoms with Crippen LogP contribution in [0.5, 0.6) is 0 Å². The molecule has 1 aromatic heterocycles. The second kappa shape index (κ2) is 8.45. The van der Waals surface area contributed by atoms with E-state index in [0.29, 0.717) is 23.0 Å². The lowest BCUT2D eigenvalue weighted by atomic mass is 10.1. The van der Waals surface area contributed by atoms with E-state index in [2.05, 4.69) is 4.98 Å². The van der Waals surface area contributed by atoms with E-state index in [1.54, 1.807) is 51.1 Å². The summed E-state index contributed by atoms with van der Waals surface area (Å²) in [4.78, 5) is 30.7. The molecule has 0 bridgehead atoms. The molecule has 152 valence electrons. The number of aldehydes is 1. The number of pyridine rings is 1. The number of allylic oxidation sites excluding steroid dienone is 2. The van der Waals surface area contributed by atoms with Crippen LogP contribution >= 0.6 is 0 Å². The molecule has 2 rings (SSSR count). The highest BCUT2D eigenvalue weighted by atomic mass is 19.4. The number of nitrogens with zero attached hydrogens (tertiary/aromatic N) is 3. The molecule has 0 aliphatic carbocycles. The van der Waals surface area contributed by atoms with Gasteiger partial charge in [0.05, 0.1) is 0 Å².